The molecule has 40 heavy (non-hydrogen) atoms. The summed E-state index contributed by atoms with van der Waals surface area (Å²) in [7, 11) is 0. The highest BCUT2D eigenvalue weighted by molar-refractivity contribution is 6.31. The van der Waals surface area contributed by atoms with Crippen molar-refractivity contribution in [3.05, 3.63) is 107 Å². The Kier molecular flexibility index (Phi) is 9.53. The third kappa shape index (κ3) is 7.52. The molecule has 0 radical (unpaired) electrons. The molecule has 1 aromatic heterocycles. The molecule has 2 heterocycles. The summed E-state index contributed by atoms with van der Waals surface area (Å²) in [5.74, 6) is 0.491. The minimum Gasteiger partial charge on any atom is -0.361 e. The number of H-pyrrole nitrogens is 1. The van der Waals surface area contributed by atoms with Gasteiger partial charge in [0, 0.05) is 35.1 Å². The highest BCUT2D eigenvalue weighted by Gasteiger charge is 2.23. The van der Waals surface area contributed by atoms with E-state index in [1.165, 1.54) is 5.56 Å². The SMILES string of the molecule is O=C(CCc1ccccc1Cl)NCC(Cc1c[nH]c2ccccc12)NC(=O)CN1CCC(c2ccccc2)CC1. The number of hydrogen-bond donors (Lipinski definition) is 3. The van der Waals surface area contributed by atoms with Crippen LogP contribution in [0.3, 0.4) is 0 Å². The molecule has 208 valence electrons. The number of carbonyl (C=O) groups excluding carboxylic acids is 2. The van der Waals surface area contributed by atoms with Crippen LogP contribution in [0, 0.1) is 0 Å². The lowest BCUT2D eigenvalue weighted by Crippen LogP contribution is -2.49. The summed E-state index contributed by atoms with van der Waals surface area (Å²) in [6, 6.07) is 26.2. The quantitative estimate of drug-likeness (QED) is 0.229. The van der Waals surface area contributed by atoms with E-state index in [1.807, 2.05) is 48.7 Å². The van der Waals surface area contributed by atoms with E-state index in [9.17, 15) is 9.59 Å². The Morgan fingerprint density at radius 2 is 1.62 bits per heavy atom. The molecule has 1 saturated heterocycles. The number of halogens is 1. The highest BCUT2D eigenvalue weighted by Crippen LogP contribution is 2.27. The zero-order valence-electron chi connectivity index (χ0n) is 22.7. The summed E-state index contributed by atoms with van der Waals surface area (Å²) < 4.78 is 0. The van der Waals surface area contributed by atoms with Crippen LogP contribution in [-0.2, 0) is 22.4 Å². The van der Waals surface area contributed by atoms with Crippen molar-refractivity contribution >= 4 is 34.3 Å². The number of benzene rings is 3. The third-order valence-corrected chi connectivity index (χ3v) is 8.23. The first-order valence-corrected chi connectivity index (χ1v) is 14.5. The van der Waals surface area contributed by atoms with Gasteiger partial charge in [-0.3, -0.25) is 14.5 Å². The van der Waals surface area contributed by atoms with Crippen molar-refractivity contribution < 1.29 is 9.59 Å². The van der Waals surface area contributed by atoms with Crippen LogP contribution < -0.4 is 10.6 Å². The molecule has 3 N–H and O–H groups in total. The Bertz CT molecular complexity index is 1410. The molecule has 5 rings (SSSR count). The lowest BCUT2D eigenvalue weighted by atomic mass is 9.89. The number of amides is 2. The molecule has 0 spiro atoms. The second kappa shape index (κ2) is 13.6. The van der Waals surface area contributed by atoms with Crippen molar-refractivity contribution in [3.63, 3.8) is 0 Å². The number of para-hydroxylation sites is 1. The van der Waals surface area contributed by atoms with Gasteiger partial charge in [0.05, 0.1) is 12.6 Å². The van der Waals surface area contributed by atoms with E-state index >= 15 is 0 Å². The maximum atomic E-state index is 13.2. The molecule has 0 aliphatic carbocycles. The van der Waals surface area contributed by atoms with E-state index in [4.69, 9.17) is 11.6 Å². The minimum atomic E-state index is -0.224. The Hall–Kier alpha value is -3.61. The van der Waals surface area contributed by atoms with Gasteiger partial charge in [-0.25, -0.2) is 0 Å². The van der Waals surface area contributed by atoms with E-state index in [1.54, 1.807) is 0 Å². The number of aryl methyl sites for hydroxylation is 1. The number of hydrogen-bond acceptors (Lipinski definition) is 3. The number of carbonyl (C=O) groups is 2. The van der Waals surface area contributed by atoms with Crippen molar-refractivity contribution in [3.8, 4) is 0 Å². The number of rotatable bonds is 11. The third-order valence-electron chi connectivity index (χ3n) is 7.86. The smallest absolute Gasteiger partial charge is 0.234 e. The predicted octanol–water partition coefficient (Wildman–Crippen LogP) is 5.48. The molecule has 1 atom stereocenters. The van der Waals surface area contributed by atoms with Crippen LogP contribution in [-0.4, -0.2) is 53.9 Å². The topological polar surface area (TPSA) is 77.2 Å². The number of fused-ring (bicyclic) bond motifs is 1. The fourth-order valence-corrected chi connectivity index (χ4v) is 5.87. The van der Waals surface area contributed by atoms with E-state index in [0.29, 0.717) is 43.3 Å². The molecule has 7 heteroatoms. The van der Waals surface area contributed by atoms with Gasteiger partial charge in [0.15, 0.2) is 0 Å². The summed E-state index contributed by atoms with van der Waals surface area (Å²) in [5, 5.41) is 8.07. The van der Waals surface area contributed by atoms with Crippen molar-refractivity contribution in [2.75, 3.05) is 26.2 Å². The second-order valence-corrected chi connectivity index (χ2v) is 11.1. The molecule has 2 amide bonds. The largest absolute Gasteiger partial charge is 0.361 e. The van der Waals surface area contributed by atoms with Gasteiger partial charge < -0.3 is 15.6 Å². The zero-order chi connectivity index (χ0) is 27.7. The van der Waals surface area contributed by atoms with Crippen molar-refractivity contribution in [1.29, 1.82) is 0 Å². The van der Waals surface area contributed by atoms with Crippen LogP contribution in [0.1, 0.15) is 41.9 Å². The first-order valence-electron chi connectivity index (χ1n) is 14.2. The standard InChI is InChI=1S/C33H37ClN4O2/c34-30-12-6-4-10-26(30)14-15-32(39)36-22-28(20-27-21-35-31-13-7-5-11-29(27)31)37-33(40)23-38-18-16-25(17-19-38)24-8-2-1-3-9-24/h1-13,21,25,28,35H,14-20,22-23H2,(H,36,39)(H,37,40). The molecule has 4 aromatic rings. The average Bonchev–Trinajstić information content (AvgIpc) is 3.39. The van der Waals surface area contributed by atoms with Crippen LogP contribution in [0.15, 0.2) is 85.1 Å². The van der Waals surface area contributed by atoms with Gasteiger partial charge in [-0.15, -0.1) is 0 Å². The molecule has 0 saturated carbocycles. The molecule has 0 bridgehead atoms. The molecular weight excluding hydrogens is 520 g/mol. The van der Waals surface area contributed by atoms with E-state index in [-0.39, 0.29) is 17.9 Å². The molecular formula is C33H37ClN4O2. The molecule has 1 aliphatic heterocycles. The van der Waals surface area contributed by atoms with Gasteiger partial charge in [-0.1, -0.05) is 78.3 Å². The molecule has 1 fully saturated rings. The van der Waals surface area contributed by atoms with Crippen molar-refractivity contribution in [2.45, 2.75) is 44.1 Å². The Morgan fingerprint density at radius 3 is 2.42 bits per heavy atom. The molecule has 6 nitrogen and oxygen atoms in total. The Morgan fingerprint density at radius 1 is 0.900 bits per heavy atom. The summed E-state index contributed by atoms with van der Waals surface area (Å²) in [4.78, 5) is 31.4. The minimum absolute atomic E-state index is 0.00619. The second-order valence-electron chi connectivity index (χ2n) is 10.7. The number of aromatic nitrogens is 1. The highest BCUT2D eigenvalue weighted by atomic mass is 35.5. The van der Waals surface area contributed by atoms with Gasteiger partial charge in [0.2, 0.25) is 11.8 Å². The predicted molar refractivity (Wildman–Crippen MR) is 162 cm³/mol. The van der Waals surface area contributed by atoms with Gasteiger partial charge in [0.1, 0.15) is 0 Å². The van der Waals surface area contributed by atoms with E-state index in [2.05, 4.69) is 56.9 Å². The normalized spacial score (nSPS) is 15.1. The van der Waals surface area contributed by atoms with Gasteiger partial charge in [0.25, 0.3) is 0 Å². The van der Waals surface area contributed by atoms with Gasteiger partial charge >= 0.3 is 0 Å². The van der Waals surface area contributed by atoms with Gasteiger partial charge in [-0.05, 0) is 73.5 Å². The molecule has 3 aromatic carbocycles. The number of piperidine rings is 1. The van der Waals surface area contributed by atoms with Crippen LogP contribution in [0.5, 0.6) is 0 Å². The Balaban J connectivity index is 1.17. The summed E-state index contributed by atoms with van der Waals surface area (Å²) >= 11 is 6.25. The summed E-state index contributed by atoms with van der Waals surface area (Å²) in [6.45, 7) is 2.53. The van der Waals surface area contributed by atoms with Gasteiger partial charge in [-0.2, -0.15) is 0 Å². The summed E-state index contributed by atoms with van der Waals surface area (Å²) in [6.07, 6.45) is 5.64. The van der Waals surface area contributed by atoms with E-state index in [0.717, 1.165) is 48.0 Å². The fraction of sp³-hybridized carbons (Fsp3) is 0.333. The lowest BCUT2D eigenvalue weighted by Gasteiger charge is -2.32. The fourth-order valence-electron chi connectivity index (χ4n) is 5.64. The van der Waals surface area contributed by atoms with Crippen LogP contribution in [0.25, 0.3) is 10.9 Å². The first-order chi connectivity index (χ1) is 19.5. The first kappa shape index (κ1) is 27.9. The van der Waals surface area contributed by atoms with E-state index < -0.39 is 0 Å². The van der Waals surface area contributed by atoms with Crippen LogP contribution in [0.4, 0.5) is 0 Å². The average molecular weight is 557 g/mol. The Labute approximate surface area is 241 Å². The number of nitrogens with zero attached hydrogens (tertiary/aromatic N) is 1. The molecule has 1 unspecified atom stereocenters. The monoisotopic (exact) mass is 556 g/mol. The number of aromatic amines is 1. The van der Waals surface area contributed by atoms with Crippen LogP contribution in [0.2, 0.25) is 5.02 Å². The summed E-state index contributed by atoms with van der Waals surface area (Å²) in [5.41, 5.74) is 4.53. The maximum Gasteiger partial charge on any atom is 0.234 e. The van der Waals surface area contributed by atoms with Crippen LogP contribution >= 0.6 is 11.6 Å². The lowest BCUT2D eigenvalue weighted by molar-refractivity contribution is -0.124. The number of nitrogens with one attached hydrogen (secondary N) is 3. The zero-order valence-corrected chi connectivity index (χ0v) is 23.5. The van der Waals surface area contributed by atoms with Crippen molar-refractivity contribution in [2.24, 2.45) is 0 Å². The van der Waals surface area contributed by atoms with Crippen molar-refractivity contribution in [1.82, 2.24) is 20.5 Å². The molecule has 1 aliphatic rings. The maximum absolute atomic E-state index is 13.2. The number of likely N-dealkylation sites (tertiary alicyclic amines) is 1.